The highest BCUT2D eigenvalue weighted by atomic mass is 16.6. The molecular weight excluding hydrogens is 266 g/mol. The molecule has 0 radical (unpaired) electrons. The summed E-state index contributed by atoms with van der Waals surface area (Å²) in [7, 11) is 1.62. The number of non-ortho nitro benzene ring substituents is 1. The van der Waals surface area contributed by atoms with Crippen LogP contribution < -0.4 is 4.74 Å². The summed E-state index contributed by atoms with van der Waals surface area (Å²) < 4.78 is 5.12. The van der Waals surface area contributed by atoms with E-state index in [4.69, 9.17) is 4.74 Å². The fourth-order valence-electron chi connectivity index (χ4n) is 1.99. The van der Waals surface area contributed by atoms with Crippen molar-refractivity contribution in [2.75, 3.05) is 7.11 Å². The molecule has 2 aromatic rings. The van der Waals surface area contributed by atoms with Crippen LogP contribution in [0.3, 0.4) is 0 Å². The third-order valence-corrected chi connectivity index (χ3v) is 3.20. The minimum absolute atomic E-state index is 0.103. The molecule has 0 spiro atoms. The van der Waals surface area contributed by atoms with Crippen LogP contribution in [0.1, 0.15) is 37.8 Å². The zero-order valence-electron chi connectivity index (χ0n) is 12.9. The Hall–Kier alpha value is -2.36. The minimum atomic E-state index is -0.371. The van der Waals surface area contributed by atoms with Crippen molar-refractivity contribution in [3.63, 3.8) is 0 Å². The van der Waals surface area contributed by atoms with Gasteiger partial charge in [-0.05, 0) is 23.3 Å². The fourth-order valence-corrected chi connectivity index (χ4v) is 1.99. The molecule has 0 aliphatic heterocycles. The van der Waals surface area contributed by atoms with Gasteiger partial charge < -0.3 is 4.74 Å². The molecule has 0 saturated carbocycles. The third-order valence-electron chi connectivity index (χ3n) is 3.20. The number of nitro groups is 1. The lowest BCUT2D eigenvalue weighted by atomic mass is 9.93. The highest BCUT2D eigenvalue weighted by molar-refractivity contribution is 5.41. The monoisotopic (exact) mass is 287 g/mol. The summed E-state index contributed by atoms with van der Waals surface area (Å²) in [6.45, 7) is 6.03. The van der Waals surface area contributed by atoms with E-state index >= 15 is 0 Å². The van der Waals surface area contributed by atoms with Gasteiger partial charge in [0.1, 0.15) is 5.75 Å². The van der Waals surface area contributed by atoms with Gasteiger partial charge in [-0.3, -0.25) is 10.1 Å². The van der Waals surface area contributed by atoms with Crippen molar-refractivity contribution < 1.29 is 9.66 Å². The van der Waals surface area contributed by atoms with E-state index in [2.05, 4.69) is 0 Å². The van der Waals surface area contributed by atoms with Crippen LogP contribution in [-0.4, -0.2) is 12.0 Å². The zero-order valence-corrected chi connectivity index (χ0v) is 12.9. The lowest BCUT2D eigenvalue weighted by molar-refractivity contribution is -0.384. The first-order valence-corrected chi connectivity index (χ1v) is 7.00. The average Bonchev–Trinajstić information content (AvgIpc) is 2.56. The van der Waals surface area contributed by atoms with E-state index in [1.54, 1.807) is 19.2 Å². The average molecular weight is 287 g/mol. The van der Waals surface area contributed by atoms with Crippen LogP contribution in [0, 0.1) is 10.1 Å². The molecule has 0 heterocycles. The normalized spacial score (nSPS) is 11.0. The van der Waals surface area contributed by atoms with Crippen molar-refractivity contribution in [2.24, 2.45) is 0 Å². The maximum absolute atomic E-state index is 10.8. The molecule has 2 aromatic carbocycles. The third kappa shape index (κ3) is 4.31. The highest BCUT2D eigenvalue weighted by Crippen LogP contribution is 2.27. The Morgan fingerprint density at radius 1 is 1.05 bits per heavy atom. The molecule has 0 saturated heterocycles. The van der Waals surface area contributed by atoms with E-state index in [1.165, 1.54) is 6.07 Å². The molecule has 1 atom stereocenters. The van der Waals surface area contributed by atoms with E-state index in [9.17, 15) is 10.1 Å². The van der Waals surface area contributed by atoms with Crippen molar-refractivity contribution in [1.29, 1.82) is 0 Å². The van der Waals surface area contributed by atoms with Gasteiger partial charge in [-0.1, -0.05) is 45.0 Å². The maximum Gasteiger partial charge on any atom is 0.269 e. The summed E-state index contributed by atoms with van der Waals surface area (Å²) in [5.74, 6) is 0.904. The summed E-state index contributed by atoms with van der Waals surface area (Å²) in [5.41, 5.74) is 2.15. The van der Waals surface area contributed by atoms with E-state index in [0.717, 1.165) is 16.9 Å². The summed E-state index contributed by atoms with van der Waals surface area (Å²) in [6.07, 6.45) is 0. The predicted octanol–water partition coefficient (Wildman–Crippen LogP) is 4.78. The first-order chi connectivity index (χ1) is 10.1. The van der Waals surface area contributed by atoms with Crippen LogP contribution in [-0.2, 0) is 0 Å². The molecular formula is C17H21NO3. The van der Waals surface area contributed by atoms with E-state index in [-0.39, 0.29) is 16.5 Å². The van der Waals surface area contributed by atoms with Crippen molar-refractivity contribution in [2.45, 2.75) is 26.7 Å². The van der Waals surface area contributed by atoms with Gasteiger partial charge in [0.25, 0.3) is 5.69 Å². The molecule has 0 aliphatic rings. The second kappa shape index (κ2) is 8.04. The molecule has 4 nitrogen and oxygen atoms in total. The van der Waals surface area contributed by atoms with Gasteiger partial charge in [-0.25, -0.2) is 0 Å². The van der Waals surface area contributed by atoms with Crippen LogP contribution in [0.2, 0.25) is 0 Å². The molecule has 1 unspecified atom stereocenters. The minimum Gasteiger partial charge on any atom is -0.497 e. The van der Waals surface area contributed by atoms with Crippen LogP contribution in [0.25, 0.3) is 0 Å². The van der Waals surface area contributed by atoms with Gasteiger partial charge >= 0.3 is 0 Å². The Labute approximate surface area is 125 Å². The lowest BCUT2D eigenvalue weighted by Gasteiger charge is -2.12. The van der Waals surface area contributed by atoms with Gasteiger partial charge in [0.05, 0.1) is 12.0 Å². The topological polar surface area (TPSA) is 52.4 Å². The molecule has 0 N–H and O–H groups in total. The molecule has 21 heavy (non-hydrogen) atoms. The predicted molar refractivity (Wildman–Crippen MR) is 85.0 cm³/mol. The number of benzene rings is 2. The van der Waals surface area contributed by atoms with Gasteiger partial charge in [-0.15, -0.1) is 0 Å². The standard InChI is InChI=1S/C15H15NO3.C2H6/c1-11(12-6-8-15(19-2)9-7-12)13-4-3-5-14(10-13)16(17)18;1-2/h3-11H,1-2H3;1-2H3. The smallest absolute Gasteiger partial charge is 0.269 e. The number of hydrogen-bond acceptors (Lipinski definition) is 3. The van der Waals surface area contributed by atoms with E-state index < -0.39 is 0 Å². The Morgan fingerprint density at radius 2 is 1.67 bits per heavy atom. The van der Waals surface area contributed by atoms with Crippen LogP contribution in [0.4, 0.5) is 5.69 Å². The number of rotatable bonds is 4. The first kappa shape index (κ1) is 16.7. The number of nitro benzene ring substituents is 1. The van der Waals surface area contributed by atoms with Crippen LogP contribution in [0.5, 0.6) is 5.75 Å². The van der Waals surface area contributed by atoms with Crippen LogP contribution >= 0.6 is 0 Å². The van der Waals surface area contributed by atoms with Crippen molar-refractivity contribution in [3.05, 3.63) is 69.8 Å². The van der Waals surface area contributed by atoms with Gasteiger partial charge in [0.2, 0.25) is 0 Å². The van der Waals surface area contributed by atoms with E-state index in [1.807, 2.05) is 51.1 Å². The molecule has 0 amide bonds. The maximum atomic E-state index is 10.8. The molecule has 112 valence electrons. The summed E-state index contributed by atoms with van der Waals surface area (Å²) in [5, 5.41) is 10.8. The summed E-state index contributed by atoms with van der Waals surface area (Å²) in [4.78, 5) is 10.4. The van der Waals surface area contributed by atoms with Gasteiger partial charge in [0.15, 0.2) is 0 Å². The van der Waals surface area contributed by atoms with Crippen LogP contribution in [0.15, 0.2) is 48.5 Å². The second-order valence-electron chi connectivity index (χ2n) is 4.35. The Balaban J connectivity index is 0.00000106. The lowest BCUT2D eigenvalue weighted by Crippen LogP contribution is -1.97. The molecule has 0 aromatic heterocycles. The summed E-state index contributed by atoms with van der Waals surface area (Å²) in [6, 6.07) is 14.5. The van der Waals surface area contributed by atoms with Crippen molar-refractivity contribution in [1.82, 2.24) is 0 Å². The molecule has 0 fully saturated rings. The Kier molecular flexibility index (Phi) is 6.40. The number of nitrogens with zero attached hydrogens (tertiary/aromatic N) is 1. The van der Waals surface area contributed by atoms with E-state index in [0.29, 0.717) is 0 Å². The largest absolute Gasteiger partial charge is 0.497 e. The quantitative estimate of drug-likeness (QED) is 0.600. The Morgan fingerprint density at radius 3 is 2.19 bits per heavy atom. The van der Waals surface area contributed by atoms with Crippen molar-refractivity contribution >= 4 is 5.69 Å². The second-order valence-corrected chi connectivity index (χ2v) is 4.35. The molecule has 0 aliphatic carbocycles. The SMILES string of the molecule is CC.COc1ccc(C(C)c2cccc([N+](=O)[O-])c2)cc1. The Bertz CT molecular complexity index is 579. The van der Waals surface area contributed by atoms with Crippen molar-refractivity contribution in [3.8, 4) is 5.75 Å². The van der Waals surface area contributed by atoms with Gasteiger partial charge in [0, 0.05) is 18.1 Å². The fraction of sp³-hybridized carbons (Fsp3) is 0.294. The van der Waals surface area contributed by atoms with Gasteiger partial charge in [-0.2, -0.15) is 0 Å². The number of ether oxygens (including phenoxy) is 1. The number of methoxy groups -OCH3 is 1. The highest BCUT2D eigenvalue weighted by Gasteiger charge is 2.12. The first-order valence-electron chi connectivity index (χ1n) is 7.00. The molecule has 0 bridgehead atoms. The number of hydrogen-bond donors (Lipinski definition) is 0. The molecule has 4 heteroatoms. The summed E-state index contributed by atoms with van der Waals surface area (Å²) >= 11 is 0. The molecule has 2 rings (SSSR count). The zero-order chi connectivity index (χ0) is 15.8.